The molecule has 0 unspecified atom stereocenters. The molecule has 2 N–H and O–H groups in total. The Labute approximate surface area is 143 Å². The number of benzene rings is 1. The van der Waals surface area contributed by atoms with Crippen molar-refractivity contribution < 1.29 is 18.9 Å². The molecular formula is C17H14N4O4. The molecule has 0 amide bonds. The normalized spacial score (nSPS) is 42.6. The second-order valence-electron chi connectivity index (χ2n) is 6.70. The van der Waals surface area contributed by atoms with Crippen molar-refractivity contribution in [2.75, 3.05) is 13.4 Å². The Kier molecular flexibility index (Phi) is 2.46. The first-order chi connectivity index (χ1) is 12.0. The fourth-order valence-electron chi connectivity index (χ4n) is 4.45. The average molecular weight is 338 g/mol. The number of nitrogens with zero attached hydrogens (tertiary/aromatic N) is 3. The van der Waals surface area contributed by atoms with Gasteiger partial charge in [-0.15, -0.1) is 0 Å². The topological polar surface area (TPSA) is 123 Å². The zero-order valence-corrected chi connectivity index (χ0v) is 13.4. The van der Waals surface area contributed by atoms with Crippen molar-refractivity contribution in [1.82, 2.24) is 0 Å². The molecule has 25 heavy (non-hydrogen) atoms. The highest BCUT2D eigenvalue weighted by molar-refractivity contribution is 6.00. The van der Waals surface area contributed by atoms with Gasteiger partial charge < -0.3 is 24.7 Å². The molecule has 3 heterocycles. The van der Waals surface area contributed by atoms with Gasteiger partial charge in [-0.25, -0.2) is 4.99 Å². The summed E-state index contributed by atoms with van der Waals surface area (Å²) in [5, 5.41) is 20.0. The van der Waals surface area contributed by atoms with E-state index in [9.17, 15) is 10.5 Å². The second kappa shape index (κ2) is 4.23. The molecule has 2 fully saturated rings. The van der Waals surface area contributed by atoms with Crippen LogP contribution < -0.4 is 15.2 Å². The summed E-state index contributed by atoms with van der Waals surface area (Å²) in [4.78, 5) is 4.28. The van der Waals surface area contributed by atoms with E-state index in [1.54, 1.807) is 12.1 Å². The molecule has 1 aromatic carbocycles. The first kappa shape index (κ1) is 14.5. The maximum atomic E-state index is 10.1. The second-order valence-corrected chi connectivity index (χ2v) is 6.70. The van der Waals surface area contributed by atoms with Crippen molar-refractivity contribution in [2.24, 2.45) is 21.6 Å². The van der Waals surface area contributed by atoms with Crippen molar-refractivity contribution in [3.63, 3.8) is 0 Å². The van der Waals surface area contributed by atoms with Crippen LogP contribution in [0.3, 0.4) is 0 Å². The highest BCUT2D eigenvalue weighted by atomic mass is 16.8. The lowest BCUT2D eigenvalue weighted by Gasteiger charge is -2.26. The molecule has 1 saturated carbocycles. The summed E-state index contributed by atoms with van der Waals surface area (Å²) in [6.07, 6.45) is -0.241. The van der Waals surface area contributed by atoms with Gasteiger partial charge in [-0.3, -0.25) is 0 Å². The number of aliphatic imine (C=N–C) groups is 1. The van der Waals surface area contributed by atoms with E-state index in [1.165, 1.54) is 0 Å². The van der Waals surface area contributed by atoms with E-state index in [1.807, 2.05) is 13.0 Å². The molecule has 3 aliphatic heterocycles. The number of nitrogens with two attached hydrogens (primary N) is 1. The standard InChI is InChI=1S/C17H14N4O4/c1-9-5-24-17(25-9)16(7-19)13(15(16,6-18)14(20)21-17)10-2-3-11-12(4-10)23-8-22-11/h2-4,9,13H,5,8H2,1H3,(H2,20,21)/t9-,13+,15+,16+,17+/m1/s1. The summed E-state index contributed by atoms with van der Waals surface area (Å²) in [6.45, 7) is 2.26. The highest BCUT2D eigenvalue weighted by Crippen LogP contribution is 2.82. The zero-order chi connectivity index (χ0) is 17.4. The largest absolute Gasteiger partial charge is 0.454 e. The van der Waals surface area contributed by atoms with Gasteiger partial charge in [0.25, 0.3) is 5.91 Å². The minimum atomic E-state index is -1.54. The lowest BCUT2D eigenvalue weighted by atomic mass is 9.94. The maximum absolute atomic E-state index is 10.1. The van der Waals surface area contributed by atoms with Crippen LogP contribution in [-0.2, 0) is 9.47 Å². The van der Waals surface area contributed by atoms with Gasteiger partial charge in [-0.1, -0.05) is 6.07 Å². The SMILES string of the molecule is C[C@@H]1CO[C@]2(N=C(N)[C@]3(C#N)[C@H](c4ccc5c(c4)OCO5)[C@]23C#N)O1. The zero-order valence-electron chi connectivity index (χ0n) is 13.4. The third kappa shape index (κ3) is 1.34. The molecule has 8 nitrogen and oxygen atoms in total. The Morgan fingerprint density at radius 2 is 2.04 bits per heavy atom. The summed E-state index contributed by atoms with van der Waals surface area (Å²) in [5.74, 6) is -0.775. The monoisotopic (exact) mass is 338 g/mol. The smallest absolute Gasteiger partial charge is 0.293 e. The lowest BCUT2D eigenvalue weighted by molar-refractivity contribution is -0.193. The predicted octanol–water partition coefficient (Wildman–Crippen LogP) is 0.992. The van der Waals surface area contributed by atoms with E-state index < -0.39 is 22.7 Å². The molecule has 0 bridgehead atoms. The molecule has 5 rings (SSSR count). The maximum Gasteiger partial charge on any atom is 0.293 e. The Morgan fingerprint density at radius 1 is 1.24 bits per heavy atom. The summed E-state index contributed by atoms with van der Waals surface area (Å²) < 4.78 is 22.4. The van der Waals surface area contributed by atoms with Gasteiger partial charge >= 0.3 is 0 Å². The fraction of sp³-hybridized carbons (Fsp3) is 0.471. The first-order valence-electron chi connectivity index (χ1n) is 7.94. The summed E-state index contributed by atoms with van der Waals surface area (Å²) in [7, 11) is 0. The Morgan fingerprint density at radius 3 is 2.72 bits per heavy atom. The van der Waals surface area contributed by atoms with Gasteiger partial charge in [0, 0.05) is 5.92 Å². The van der Waals surface area contributed by atoms with E-state index in [0.29, 0.717) is 11.5 Å². The van der Waals surface area contributed by atoms with Crippen LogP contribution in [0.25, 0.3) is 0 Å². The number of fused-ring (bicyclic) bond motifs is 3. The van der Waals surface area contributed by atoms with Crippen LogP contribution in [-0.4, -0.2) is 31.3 Å². The van der Waals surface area contributed by atoms with Crippen LogP contribution in [0.1, 0.15) is 18.4 Å². The minimum Gasteiger partial charge on any atom is -0.454 e. The molecule has 126 valence electrons. The molecule has 1 saturated heterocycles. The molecule has 4 aliphatic rings. The predicted molar refractivity (Wildman–Crippen MR) is 82.3 cm³/mol. The van der Waals surface area contributed by atoms with Crippen molar-refractivity contribution in [3.05, 3.63) is 23.8 Å². The Balaban J connectivity index is 1.68. The van der Waals surface area contributed by atoms with Crippen LogP contribution in [0, 0.1) is 33.5 Å². The molecule has 0 radical (unpaired) electrons. The molecule has 1 spiro atoms. The van der Waals surface area contributed by atoms with Crippen molar-refractivity contribution >= 4 is 5.84 Å². The van der Waals surface area contributed by atoms with E-state index in [4.69, 9.17) is 24.7 Å². The molecular weight excluding hydrogens is 324 g/mol. The van der Waals surface area contributed by atoms with Crippen LogP contribution in [0.2, 0.25) is 0 Å². The van der Waals surface area contributed by atoms with E-state index in [0.717, 1.165) is 5.56 Å². The van der Waals surface area contributed by atoms with Crippen LogP contribution in [0.15, 0.2) is 23.2 Å². The lowest BCUT2D eigenvalue weighted by Crippen LogP contribution is -2.39. The van der Waals surface area contributed by atoms with Crippen molar-refractivity contribution in [3.8, 4) is 23.6 Å². The van der Waals surface area contributed by atoms with Crippen LogP contribution in [0.5, 0.6) is 11.5 Å². The quantitative estimate of drug-likeness (QED) is 0.810. The van der Waals surface area contributed by atoms with E-state index in [2.05, 4.69) is 17.1 Å². The average Bonchev–Trinajstić information content (AvgIpc) is 2.90. The van der Waals surface area contributed by atoms with E-state index in [-0.39, 0.29) is 25.3 Å². The summed E-state index contributed by atoms with van der Waals surface area (Å²) >= 11 is 0. The number of rotatable bonds is 1. The number of amidine groups is 1. The van der Waals surface area contributed by atoms with Gasteiger partial charge in [0.15, 0.2) is 16.9 Å². The highest BCUT2D eigenvalue weighted by Gasteiger charge is 2.94. The van der Waals surface area contributed by atoms with Crippen molar-refractivity contribution in [1.29, 1.82) is 10.5 Å². The van der Waals surface area contributed by atoms with Crippen LogP contribution in [0.4, 0.5) is 0 Å². The Bertz CT molecular complexity index is 918. The third-order valence-electron chi connectivity index (χ3n) is 5.53. The number of hydrogen-bond donors (Lipinski definition) is 1. The third-order valence-corrected chi connectivity index (χ3v) is 5.53. The number of ether oxygens (including phenoxy) is 4. The number of nitriles is 2. The molecule has 0 aromatic heterocycles. The van der Waals surface area contributed by atoms with E-state index >= 15 is 0 Å². The first-order valence-corrected chi connectivity index (χ1v) is 7.94. The van der Waals surface area contributed by atoms with Gasteiger partial charge in [0.05, 0.1) is 24.8 Å². The molecule has 1 aromatic rings. The summed E-state index contributed by atoms with van der Waals surface area (Å²) in [5.41, 5.74) is 4.27. The summed E-state index contributed by atoms with van der Waals surface area (Å²) in [6, 6.07) is 9.85. The van der Waals surface area contributed by atoms with Crippen LogP contribution >= 0.6 is 0 Å². The fourth-order valence-corrected chi connectivity index (χ4v) is 4.45. The molecule has 1 aliphatic carbocycles. The van der Waals surface area contributed by atoms with Crippen molar-refractivity contribution in [2.45, 2.75) is 24.9 Å². The molecule has 8 heteroatoms. The van der Waals surface area contributed by atoms with Gasteiger partial charge in [-0.2, -0.15) is 10.5 Å². The van der Waals surface area contributed by atoms with Gasteiger partial charge in [-0.05, 0) is 24.6 Å². The van der Waals surface area contributed by atoms with Gasteiger partial charge in [0.2, 0.25) is 6.79 Å². The van der Waals surface area contributed by atoms with Gasteiger partial charge in [0.1, 0.15) is 11.3 Å². The Hall–Kier alpha value is -2.81. The molecule has 5 atom stereocenters. The number of hydrogen-bond acceptors (Lipinski definition) is 8. The minimum absolute atomic E-state index is 0.0771.